The van der Waals surface area contributed by atoms with Crippen LogP contribution in [0.5, 0.6) is 0 Å². The Balaban J connectivity index is 1.71. The molecule has 0 aliphatic carbocycles. The van der Waals surface area contributed by atoms with Gasteiger partial charge >= 0.3 is 6.03 Å². The largest absolute Gasteiger partial charge is 0.466 e. The predicted molar refractivity (Wildman–Crippen MR) is 98.6 cm³/mol. The summed E-state index contributed by atoms with van der Waals surface area (Å²) in [5.41, 5.74) is 0.536. The molecular formula is C21H20N2O3. The fourth-order valence-corrected chi connectivity index (χ4v) is 3.75. The number of carbonyl (C=O) groups excluding carboxylic acids is 2. The fourth-order valence-electron chi connectivity index (χ4n) is 3.75. The number of urea groups is 1. The van der Waals surface area contributed by atoms with Gasteiger partial charge < -0.3 is 9.73 Å². The molecule has 1 saturated heterocycles. The van der Waals surface area contributed by atoms with Crippen molar-refractivity contribution < 1.29 is 14.0 Å². The number of imide groups is 1. The van der Waals surface area contributed by atoms with Crippen molar-refractivity contribution >= 4 is 22.7 Å². The SMILES string of the molecule is Cc1cc(C2(C)NC(=O)N(Cc3cccc4ccccc34)C2=O)c(C)o1. The monoisotopic (exact) mass is 348 g/mol. The van der Waals surface area contributed by atoms with Gasteiger partial charge in [-0.3, -0.25) is 9.69 Å². The van der Waals surface area contributed by atoms with Crippen LogP contribution < -0.4 is 5.32 Å². The predicted octanol–water partition coefficient (Wildman–Crippen LogP) is 4.02. The molecule has 5 heteroatoms. The first-order chi connectivity index (χ1) is 12.4. The minimum Gasteiger partial charge on any atom is -0.466 e. The van der Waals surface area contributed by atoms with E-state index in [1.165, 1.54) is 4.90 Å². The van der Waals surface area contributed by atoms with Gasteiger partial charge in [0.25, 0.3) is 5.91 Å². The van der Waals surface area contributed by atoms with Gasteiger partial charge in [0.2, 0.25) is 0 Å². The molecule has 2 heterocycles. The maximum atomic E-state index is 13.1. The summed E-state index contributed by atoms with van der Waals surface area (Å²) in [5.74, 6) is 1.10. The lowest BCUT2D eigenvalue weighted by molar-refractivity contribution is -0.131. The Bertz CT molecular complexity index is 1030. The summed E-state index contributed by atoms with van der Waals surface area (Å²) >= 11 is 0. The molecule has 1 fully saturated rings. The van der Waals surface area contributed by atoms with Crippen LogP contribution in [0.25, 0.3) is 10.8 Å². The van der Waals surface area contributed by atoms with Crippen molar-refractivity contribution in [2.75, 3.05) is 0 Å². The van der Waals surface area contributed by atoms with Gasteiger partial charge in [-0.25, -0.2) is 4.79 Å². The lowest BCUT2D eigenvalue weighted by atomic mass is 9.92. The highest BCUT2D eigenvalue weighted by Gasteiger charge is 2.50. The van der Waals surface area contributed by atoms with E-state index in [0.29, 0.717) is 17.1 Å². The van der Waals surface area contributed by atoms with Crippen LogP contribution in [0.4, 0.5) is 4.79 Å². The van der Waals surface area contributed by atoms with Gasteiger partial charge in [0.05, 0.1) is 6.54 Å². The van der Waals surface area contributed by atoms with Crippen LogP contribution in [0.2, 0.25) is 0 Å². The zero-order chi connectivity index (χ0) is 18.5. The number of amides is 3. The second kappa shape index (κ2) is 5.73. The van der Waals surface area contributed by atoms with E-state index in [1.807, 2.05) is 55.5 Å². The zero-order valence-corrected chi connectivity index (χ0v) is 15.0. The standard InChI is InChI=1S/C21H20N2O3/c1-13-11-18(14(2)26-13)21(3)19(24)23(20(25)22-21)12-16-9-6-8-15-7-4-5-10-17(15)16/h4-11H,12H2,1-3H3,(H,22,25). The molecule has 0 saturated carbocycles. The molecule has 1 aliphatic heterocycles. The molecule has 132 valence electrons. The second-order valence-electron chi connectivity index (χ2n) is 6.91. The van der Waals surface area contributed by atoms with Crippen LogP contribution in [-0.4, -0.2) is 16.8 Å². The third-order valence-electron chi connectivity index (χ3n) is 5.06. The fraction of sp³-hybridized carbons (Fsp3) is 0.238. The van der Waals surface area contributed by atoms with Crippen LogP contribution in [0.3, 0.4) is 0 Å². The number of hydrogen-bond acceptors (Lipinski definition) is 3. The number of carbonyl (C=O) groups is 2. The van der Waals surface area contributed by atoms with Crippen LogP contribution in [0.1, 0.15) is 29.6 Å². The Morgan fingerprint density at radius 1 is 1.08 bits per heavy atom. The van der Waals surface area contributed by atoms with Crippen LogP contribution in [0, 0.1) is 13.8 Å². The molecule has 1 atom stereocenters. The lowest BCUT2D eigenvalue weighted by Gasteiger charge is -2.21. The Labute approximate surface area is 151 Å². The Morgan fingerprint density at radius 2 is 1.81 bits per heavy atom. The summed E-state index contributed by atoms with van der Waals surface area (Å²) in [6.07, 6.45) is 0. The average Bonchev–Trinajstić information content (AvgIpc) is 3.07. The van der Waals surface area contributed by atoms with E-state index < -0.39 is 5.54 Å². The summed E-state index contributed by atoms with van der Waals surface area (Å²) in [7, 11) is 0. The van der Waals surface area contributed by atoms with Crippen molar-refractivity contribution in [2.45, 2.75) is 32.9 Å². The zero-order valence-electron chi connectivity index (χ0n) is 15.0. The molecule has 3 amide bonds. The number of nitrogens with one attached hydrogen (secondary N) is 1. The molecule has 1 aliphatic rings. The first-order valence-corrected chi connectivity index (χ1v) is 8.58. The molecule has 1 aromatic heterocycles. The van der Waals surface area contributed by atoms with Gasteiger partial charge in [-0.2, -0.15) is 0 Å². The third kappa shape index (κ3) is 2.39. The van der Waals surface area contributed by atoms with E-state index in [9.17, 15) is 9.59 Å². The molecule has 0 spiro atoms. The van der Waals surface area contributed by atoms with Gasteiger partial charge in [-0.15, -0.1) is 0 Å². The number of nitrogens with zero attached hydrogens (tertiary/aromatic N) is 1. The van der Waals surface area contributed by atoms with Crippen molar-refractivity contribution in [1.82, 2.24) is 10.2 Å². The van der Waals surface area contributed by atoms with E-state index in [-0.39, 0.29) is 18.5 Å². The molecule has 5 nitrogen and oxygen atoms in total. The van der Waals surface area contributed by atoms with Crippen molar-refractivity contribution in [3.63, 3.8) is 0 Å². The van der Waals surface area contributed by atoms with Gasteiger partial charge in [-0.05, 0) is 43.2 Å². The third-order valence-corrected chi connectivity index (χ3v) is 5.06. The summed E-state index contributed by atoms with van der Waals surface area (Å²) in [5, 5.41) is 4.97. The maximum Gasteiger partial charge on any atom is 0.325 e. The topological polar surface area (TPSA) is 62.6 Å². The van der Waals surface area contributed by atoms with E-state index in [4.69, 9.17) is 4.42 Å². The molecule has 1 N–H and O–H groups in total. The van der Waals surface area contributed by atoms with Crippen LogP contribution in [0.15, 0.2) is 52.9 Å². The highest BCUT2D eigenvalue weighted by Crippen LogP contribution is 2.34. The van der Waals surface area contributed by atoms with Crippen molar-refractivity contribution in [2.24, 2.45) is 0 Å². The summed E-state index contributed by atoms with van der Waals surface area (Å²) < 4.78 is 5.56. The molecule has 3 aromatic rings. The summed E-state index contributed by atoms with van der Waals surface area (Å²) in [6, 6.07) is 15.3. The molecule has 2 aromatic carbocycles. The minimum absolute atomic E-state index is 0.234. The van der Waals surface area contributed by atoms with Gasteiger partial charge in [0, 0.05) is 5.56 Å². The number of fused-ring (bicyclic) bond motifs is 1. The van der Waals surface area contributed by atoms with E-state index in [1.54, 1.807) is 13.8 Å². The Morgan fingerprint density at radius 3 is 2.54 bits per heavy atom. The maximum absolute atomic E-state index is 13.1. The quantitative estimate of drug-likeness (QED) is 0.727. The van der Waals surface area contributed by atoms with E-state index >= 15 is 0 Å². The van der Waals surface area contributed by atoms with E-state index in [2.05, 4.69) is 5.32 Å². The molecular weight excluding hydrogens is 328 g/mol. The first kappa shape index (κ1) is 16.4. The number of aryl methyl sites for hydroxylation is 2. The minimum atomic E-state index is -1.11. The van der Waals surface area contributed by atoms with Gasteiger partial charge in [0.15, 0.2) is 0 Å². The summed E-state index contributed by atoms with van der Waals surface area (Å²) in [4.78, 5) is 27.0. The van der Waals surface area contributed by atoms with Gasteiger partial charge in [-0.1, -0.05) is 42.5 Å². The highest BCUT2D eigenvalue weighted by atomic mass is 16.3. The smallest absolute Gasteiger partial charge is 0.325 e. The van der Waals surface area contributed by atoms with Crippen LogP contribution in [-0.2, 0) is 16.9 Å². The molecule has 0 bridgehead atoms. The first-order valence-electron chi connectivity index (χ1n) is 8.58. The van der Waals surface area contributed by atoms with Crippen molar-refractivity contribution in [1.29, 1.82) is 0 Å². The van der Waals surface area contributed by atoms with Crippen LogP contribution >= 0.6 is 0 Å². The van der Waals surface area contributed by atoms with Crippen molar-refractivity contribution in [3.8, 4) is 0 Å². The second-order valence-corrected chi connectivity index (χ2v) is 6.91. The molecule has 1 unspecified atom stereocenters. The lowest BCUT2D eigenvalue weighted by Crippen LogP contribution is -2.41. The number of benzene rings is 2. The number of furan rings is 1. The number of hydrogen-bond donors (Lipinski definition) is 1. The Hall–Kier alpha value is -3.08. The molecule has 26 heavy (non-hydrogen) atoms. The normalized spacial score (nSPS) is 20.0. The average molecular weight is 348 g/mol. The highest BCUT2D eigenvalue weighted by molar-refractivity contribution is 6.07. The molecule has 0 radical (unpaired) electrons. The van der Waals surface area contributed by atoms with Crippen molar-refractivity contribution in [3.05, 3.63) is 71.2 Å². The number of rotatable bonds is 3. The molecule has 4 rings (SSSR count). The van der Waals surface area contributed by atoms with Gasteiger partial charge in [0.1, 0.15) is 17.1 Å². The Kier molecular flexibility index (Phi) is 3.61. The van der Waals surface area contributed by atoms with E-state index in [0.717, 1.165) is 16.3 Å². The summed E-state index contributed by atoms with van der Waals surface area (Å²) in [6.45, 7) is 5.60.